The second kappa shape index (κ2) is 9.15. The van der Waals surface area contributed by atoms with Crippen LogP contribution in [-0.2, 0) is 16.8 Å². The lowest BCUT2D eigenvalue weighted by Crippen LogP contribution is -2.37. The fraction of sp³-hybridized carbons (Fsp3) is 0.647. The molecule has 3 N–H and O–H groups in total. The number of rotatable bonds is 10. The molecular formula is C17H28ClN3O2S. The molecule has 1 aromatic rings. The topological polar surface area (TPSA) is 70.2 Å². The second-order valence-electron chi connectivity index (χ2n) is 6.75. The van der Waals surface area contributed by atoms with Gasteiger partial charge in [0, 0.05) is 23.7 Å². The molecule has 1 atom stereocenters. The first kappa shape index (κ1) is 19.7. The number of unbranched alkanes of at least 4 members (excludes halogenated alkanes) is 2. The highest BCUT2D eigenvalue weighted by Crippen LogP contribution is 2.24. The summed E-state index contributed by atoms with van der Waals surface area (Å²) >= 11 is 5.81. The average Bonchev–Trinajstić information content (AvgIpc) is 2.97. The van der Waals surface area contributed by atoms with Crippen molar-refractivity contribution in [3.8, 4) is 0 Å². The molecule has 0 spiro atoms. The number of hydrogen-bond acceptors (Lipinski definition) is 3. The van der Waals surface area contributed by atoms with Crippen molar-refractivity contribution in [2.24, 2.45) is 0 Å². The molecule has 7 heteroatoms. The molecule has 136 valence electrons. The van der Waals surface area contributed by atoms with Gasteiger partial charge in [-0.25, -0.2) is 4.72 Å². The van der Waals surface area contributed by atoms with Crippen molar-refractivity contribution >= 4 is 21.8 Å². The molecule has 1 aromatic carbocycles. The molecule has 0 bridgehead atoms. The predicted octanol–water partition coefficient (Wildman–Crippen LogP) is 2.97. The van der Waals surface area contributed by atoms with Crippen molar-refractivity contribution in [3.05, 3.63) is 34.9 Å². The van der Waals surface area contributed by atoms with Crippen molar-refractivity contribution in [2.75, 3.05) is 13.1 Å². The summed E-state index contributed by atoms with van der Waals surface area (Å²) in [4.78, 5) is 0. The average molecular weight is 374 g/mol. The van der Waals surface area contributed by atoms with Crippen LogP contribution in [0.25, 0.3) is 0 Å². The van der Waals surface area contributed by atoms with Crippen molar-refractivity contribution in [3.63, 3.8) is 0 Å². The fourth-order valence-electron chi connectivity index (χ4n) is 3.03. The van der Waals surface area contributed by atoms with Crippen molar-refractivity contribution in [1.82, 2.24) is 14.8 Å². The number of benzene rings is 1. The molecule has 0 unspecified atom stereocenters. The maximum absolute atomic E-state index is 11.9. The highest BCUT2D eigenvalue weighted by molar-refractivity contribution is 7.87. The standard InChI is InChI=1S/C17H28ClN3O2S/c1-17(11-5-12-19-17)10-3-2-4-13-20-24(22,23)21-14-15-6-8-16(18)9-7-15/h6-9,19-21H,2-5,10-14H2,1H3/t17-/m0/s1. The van der Waals surface area contributed by atoms with Crippen LogP contribution in [0.3, 0.4) is 0 Å². The van der Waals surface area contributed by atoms with Crippen molar-refractivity contribution in [2.45, 2.75) is 57.5 Å². The van der Waals surface area contributed by atoms with Crippen LogP contribution in [0.5, 0.6) is 0 Å². The summed E-state index contributed by atoms with van der Waals surface area (Å²) in [5.41, 5.74) is 1.17. The van der Waals surface area contributed by atoms with Crippen LogP contribution in [0.2, 0.25) is 5.02 Å². The van der Waals surface area contributed by atoms with E-state index in [4.69, 9.17) is 11.6 Å². The zero-order valence-electron chi connectivity index (χ0n) is 14.3. The molecule has 1 saturated heterocycles. The molecule has 0 radical (unpaired) electrons. The minimum atomic E-state index is -3.45. The number of halogens is 1. The van der Waals surface area contributed by atoms with Crippen molar-refractivity contribution in [1.29, 1.82) is 0 Å². The van der Waals surface area contributed by atoms with E-state index < -0.39 is 10.2 Å². The van der Waals surface area contributed by atoms with E-state index in [0.717, 1.165) is 37.8 Å². The molecule has 0 saturated carbocycles. The Labute approximate surface area is 150 Å². The minimum absolute atomic E-state index is 0.260. The molecule has 0 aliphatic carbocycles. The van der Waals surface area contributed by atoms with E-state index in [9.17, 15) is 8.42 Å². The Morgan fingerprint density at radius 2 is 1.92 bits per heavy atom. The summed E-state index contributed by atoms with van der Waals surface area (Å²) in [5, 5.41) is 4.19. The maximum atomic E-state index is 11.9. The minimum Gasteiger partial charge on any atom is -0.312 e. The smallest absolute Gasteiger partial charge is 0.277 e. The van der Waals surface area contributed by atoms with Gasteiger partial charge in [0.1, 0.15) is 0 Å². The number of hydrogen-bond donors (Lipinski definition) is 3. The maximum Gasteiger partial charge on any atom is 0.277 e. The Kier molecular flexibility index (Phi) is 7.50. The van der Waals surface area contributed by atoms with Gasteiger partial charge in [0.05, 0.1) is 0 Å². The van der Waals surface area contributed by atoms with E-state index in [1.807, 2.05) is 12.1 Å². The molecular weight excluding hydrogens is 346 g/mol. The summed E-state index contributed by atoms with van der Waals surface area (Å²) in [7, 11) is -3.45. The Morgan fingerprint density at radius 3 is 2.58 bits per heavy atom. The third-order valence-corrected chi connectivity index (χ3v) is 5.89. The van der Waals surface area contributed by atoms with Gasteiger partial charge in [0.2, 0.25) is 0 Å². The third-order valence-electron chi connectivity index (χ3n) is 4.53. The second-order valence-corrected chi connectivity index (χ2v) is 8.77. The Balaban J connectivity index is 1.57. The van der Waals surface area contributed by atoms with Gasteiger partial charge in [-0.2, -0.15) is 13.1 Å². The van der Waals surface area contributed by atoms with Gasteiger partial charge >= 0.3 is 0 Å². The van der Waals surface area contributed by atoms with Gasteiger partial charge in [-0.3, -0.25) is 0 Å². The molecule has 5 nitrogen and oxygen atoms in total. The zero-order valence-corrected chi connectivity index (χ0v) is 15.8. The lowest BCUT2D eigenvalue weighted by Gasteiger charge is -2.24. The first-order valence-corrected chi connectivity index (χ1v) is 10.5. The molecule has 1 fully saturated rings. The summed E-state index contributed by atoms with van der Waals surface area (Å²) in [6.45, 7) is 4.13. The summed E-state index contributed by atoms with van der Waals surface area (Å²) in [6.07, 6.45) is 6.69. The van der Waals surface area contributed by atoms with Gasteiger partial charge in [0.25, 0.3) is 10.2 Å². The van der Waals surface area contributed by atoms with Gasteiger partial charge in [-0.05, 0) is 56.8 Å². The molecule has 2 rings (SSSR count). The highest BCUT2D eigenvalue weighted by atomic mass is 35.5. The first-order chi connectivity index (χ1) is 11.4. The molecule has 1 heterocycles. The van der Waals surface area contributed by atoms with E-state index >= 15 is 0 Å². The van der Waals surface area contributed by atoms with Gasteiger partial charge in [0.15, 0.2) is 0 Å². The summed E-state index contributed by atoms with van der Waals surface area (Å²) < 4.78 is 29.0. The third kappa shape index (κ3) is 7.07. The Hall–Kier alpha value is -0.660. The Morgan fingerprint density at radius 1 is 1.17 bits per heavy atom. The van der Waals surface area contributed by atoms with Gasteiger partial charge in [-0.15, -0.1) is 0 Å². The predicted molar refractivity (Wildman–Crippen MR) is 99.3 cm³/mol. The largest absolute Gasteiger partial charge is 0.312 e. The van der Waals surface area contributed by atoms with E-state index in [1.165, 1.54) is 12.8 Å². The van der Waals surface area contributed by atoms with Crippen molar-refractivity contribution < 1.29 is 8.42 Å². The molecule has 1 aliphatic heterocycles. The zero-order chi connectivity index (χ0) is 17.5. The summed E-state index contributed by atoms with van der Waals surface area (Å²) in [6, 6.07) is 7.11. The van der Waals surface area contributed by atoms with E-state index in [2.05, 4.69) is 21.7 Å². The normalized spacial score (nSPS) is 21.2. The van der Waals surface area contributed by atoms with Gasteiger partial charge < -0.3 is 5.32 Å². The number of nitrogens with one attached hydrogen (secondary N) is 3. The lowest BCUT2D eigenvalue weighted by atomic mass is 9.93. The monoisotopic (exact) mass is 373 g/mol. The van der Waals surface area contributed by atoms with Gasteiger partial charge in [-0.1, -0.05) is 36.6 Å². The van der Waals surface area contributed by atoms with E-state index in [1.54, 1.807) is 12.1 Å². The highest BCUT2D eigenvalue weighted by Gasteiger charge is 2.26. The first-order valence-electron chi connectivity index (χ1n) is 8.62. The fourth-order valence-corrected chi connectivity index (χ4v) is 4.02. The van der Waals surface area contributed by atoms with Crippen LogP contribution in [0, 0.1) is 0 Å². The molecule has 1 aliphatic rings. The van der Waals surface area contributed by atoms with E-state index in [-0.39, 0.29) is 6.54 Å². The molecule has 24 heavy (non-hydrogen) atoms. The quantitative estimate of drug-likeness (QED) is 0.552. The SMILES string of the molecule is C[C@]1(CCCCCNS(=O)(=O)NCc2ccc(Cl)cc2)CCCN1. The van der Waals surface area contributed by atoms with Crippen LogP contribution in [0.4, 0.5) is 0 Å². The van der Waals surface area contributed by atoms with Crippen LogP contribution in [0.15, 0.2) is 24.3 Å². The summed E-state index contributed by atoms with van der Waals surface area (Å²) in [5.74, 6) is 0. The molecule has 0 amide bonds. The molecule has 0 aromatic heterocycles. The Bertz CT molecular complexity index is 599. The van der Waals surface area contributed by atoms with E-state index in [0.29, 0.717) is 17.1 Å². The lowest BCUT2D eigenvalue weighted by molar-refractivity contribution is 0.366. The van der Waals surface area contributed by atoms with Crippen LogP contribution < -0.4 is 14.8 Å². The van der Waals surface area contributed by atoms with Crippen LogP contribution in [0.1, 0.15) is 51.0 Å². The van der Waals surface area contributed by atoms with Crippen LogP contribution in [-0.4, -0.2) is 27.0 Å². The van der Waals surface area contributed by atoms with Crippen LogP contribution >= 0.6 is 11.6 Å².